The molecule has 142 valence electrons. The van der Waals surface area contributed by atoms with Crippen molar-refractivity contribution < 1.29 is 14.1 Å². The number of rotatable bonds is 3. The van der Waals surface area contributed by atoms with Crippen LogP contribution in [-0.4, -0.2) is 52.9 Å². The standard InChI is InChI=1S/C21H18ClN3O3/c22-17-8-4-7-16(13-17)20(26)24-9-11-25(12-10-24)21(27)18-14-19(28-23-18)15-5-2-1-3-6-15/h1-8,13-14H,9-12H2. The molecule has 0 radical (unpaired) electrons. The fourth-order valence-corrected chi connectivity index (χ4v) is 3.38. The Kier molecular flexibility index (Phi) is 5.12. The normalized spacial score (nSPS) is 14.2. The van der Waals surface area contributed by atoms with Crippen LogP contribution in [0.4, 0.5) is 0 Å². The minimum Gasteiger partial charge on any atom is -0.355 e. The van der Waals surface area contributed by atoms with Crippen LogP contribution in [0.15, 0.2) is 65.2 Å². The molecule has 1 aliphatic heterocycles. The zero-order valence-electron chi connectivity index (χ0n) is 15.0. The van der Waals surface area contributed by atoms with Crippen molar-refractivity contribution in [2.45, 2.75) is 0 Å². The van der Waals surface area contributed by atoms with E-state index < -0.39 is 0 Å². The topological polar surface area (TPSA) is 66.7 Å². The first-order chi connectivity index (χ1) is 13.6. The van der Waals surface area contributed by atoms with Gasteiger partial charge in [-0.2, -0.15) is 0 Å². The van der Waals surface area contributed by atoms with Crippen LogP contribution in [0.5, 0.6) is 0 Å². The molecule has 0 atom stereocenters. The number of carbonyl (C=O) groups is 2. The second kappa shape index (κ2) is 7.86. The van der Waals surface area contributed by atoms with Gasteiger partial charge in [0.25, 0.3) is 11.8 Å². The summed E-state index contributed by atoms with van der Waals surface area (Å²) in [6, 6.07) is 18.0. The second-order valence-corrected chi connectivity index (χ2v) is 6.97. The van der Waals surface area contributed by atoms with Gasteiger partial charge in [0.2, 0.25) is 0 Å². The summed E-state index contributed by atoms with van der Waals surface area (Å²) in [7, 11) is 0. The van der Waals surface area contributed by atoms with E-state index >= 15 is 0 Å². The molecule has 1 fully saturated rings. The Hall–Kier alpha value is -3.12. The first-order valence-electron chi connectivity index (χ1n) is 8.98. The SMILES string of the molecule is O=C(c1cccc(Cl)c1)N1CCN(C(=O)c2cc(-c3ccccc3)on2)CC1. The van der Waals surface area contributed by atoms with Gasteiger partial charge in [-0.1, -0.05) is 53.2 Å². The molecule has 7 heteroatoms. The third-order valence-electron chi connectivity index (χ3n) is 4.71. The van der Waals surface area contributed by atoms with Crippen molar-refractivity contribution in [1.82, 2.24) is 15.0 Å². The summed E-state index contributed by atoms with van der Waals surface area (Å²) in [4.78, 5) is 28.7. The van der Waals surface area contributed by atoms with E-state index in [4.69, 9.17) is 16.1 Å². The number of piperazine rings is 1. The van der Waals surface area contributed by atoms with Gasteiger partial charge in [-0.15, -0.1) is 0 Å². The molecule has 4 rings (SSSR count). The van der Waals surface area contributed by atoms with Crippen molar-refractivity contribution in [2.24, 2.45) is 0 Å². The number of hydrogen-bond acceptors (Lipinski definition) is 4. The van der Waals surface area contributed by atoms with Gasteiger partial charge in [0.15, 0.2) is 11.5 Å². The summed E-state index contributed by atoms with van der Waals surface area (Å²) >= 11 is 5.97. The van der Waals surface area contributed by atoms with E-state index in [2.05, 4.69) is 5.16 Å². The summed E-state index contributed by atoms with van der Waals surface area (Å²) in [5.74, 6) is 0.280. The van der Waals surface area contributed by atoms with Crippen molar-refractivity contribution in [3.8, 4) is 11.3 Å². The highest BCUT2D eigenvalue weighted by molar-refractivity contribution is 6.30. The Bertz CT molecular complexity index is 995. The van der Waals surface area contributed by atoms with Gasteiger partial charge in [0, 0.05) is 48.4 Å². The summed E-state index contributed by atoms with van der Waals surface area (Å²) in [5, 5.41) is 4.45. The molecule has 0 N–H and O–H groups in total. The molecule has 0 unspecified atom stereocenters. The number of benzene rings is 2. The fraction of sp³-hybridized carbons (Fsp3) is 0.190. The second-order valence-electron chi connectivity index (χ2n) is 6.54. The summed E-state index contributed by atoms with van der Waals surface area (Å²) < 4.78 is 5.32. The van der Waals surface area contributed by atoms with Gasteiger partial charge >= 0.3 is 0 Å². The quantitative estimate of drug-likeness (QED) is 0.679. The molecule has 0 spiro atoms. The Morgan fingerprint density at radius 2 is 1.54 bits per heavy atom. The fourth-order valence-electron chi connectivity index (χ4n) is 3.19. The zero-order chi connectivity index (χ0) is 19.5. The molecular formula is C21H18ClN3O3. The Morgan fingerprint density at radius 1 is 0.857 bits per heavy atom. The van der Waals surface area contributed by atoms with E-state index in [-0.39, 0.29) is 17.5 Å². The van der Waals surface area contributed by atoms with Crippen LogP contribution < -0.4 is 0 Å². The first-order valence-corrected chi connectivity index (χ1v) is 9.36. The molecule has 0 bridgehead atoms. The van der Waals surface area contributed by atoms with E-state index in [0.717, 1.165) is 5.56 Å². The average Bonchev–Trinajstić information content (AvgIpc) is 3.24. The zero-order valence-corrected chi connectivity index (χ0v) is 15.8. The maximum atomic E-state index is 12.7. The summed E-state index contributed by atoms with van der Waals surface area (Å²) in [6.07, 6.45) is 0. The highest BCUT2D eigenvalue weighted by Crippen LogP contribution is 2.21. The van der Waals surface area contributed by atoms with Crippen molar-refractivity contribution >= 4 is 23.4 Å². The number of halogens is 1. The largest absolute Gasteiger partial charge is 0.355 e. The molecule has 0 aliphatic carbocycles. The Labute approximate surface area is 167 Å². The maximum Gasteiger partial charge on any atom is 0.276 e. The Morgan fingerprint density at radius 3 is 2.21 bits per heavy atom. The molecule has 1 saturated heterocycles. The molecule has 1 aliphatic rings. The van der Waals surface area contributed by atoms with Gasteiger partial charge in [0.05, 0.1) is 0 Å². The molecule has 2 heterocycles. The first kappa shape index (κ1) is 18.3. The predicted molar refractivity (Wildman–Crippen MR) is 105 cm³/mol. The van der Waals surface area contributed by atoms with Crippen LogP contribution >= 0.6 is 11.6 Å². The van der Waals surface area contributed by atoms with Crippen LogP contribution in [0.3, 0.4) is 0 Å². The van der Waals surface area contributed by atoms with Gasteiger partial charge in [-0.05, 0) is 18.2 Å². The number of carbonyl (C=O) groups excluding carboxylic acids is 2. The highest BCUT2D eigenvalue weighted by atomic mass is 35.5. The highest BCUT2D eigenvalue weighted by Gasteiger charge is 2.27. The van der Waals surface area contributed by atoms with Crippen molar-refractivity contribution in [3.05, 3.63) is 76.9 Å². The third kappa shape index (κ3) is 3.77. The lowest BCUT2D eigenvalue weighted by Gasteiger charge is -2.34. The lowest BCUT2D eigenvalue weighted by atomic mass is 10.1. The van der Waals surface area contributed by atoms with E-state index in [9.17, 15) is 9.59 Å². The number of nitrogens with zero attached hydrogens (tertiary/aromatic N) is 3. The van der Waals surface area contributed by atoms with Gasteiger partial charge < -0.3 is 14.3 Å². The van der Waals surface area contributed by atoms with E-state index in [1.165, 1.54) is 0 Å². The predicted octanol–water partition coefficient (Wildman–Crippen LogP) is 3.59. The van der Waals surface area contributed by atoms with Crippen LogP contribution in [0, 0.1) is 0 Å². The van der Waals surface area contributed by atoms with Crippen LogP contribution in [0.2, 0.25) is 5.02 Å². The lowest BCUT2D eigenvalue weighted by molar-refractivity contribution is 0.0530. The summed E-state index contributed by atoms with van der Waals surface area (Å²) in [6.45, 7) is 1.80. The average molecular weight is 396 g/mol. The van der Waals surface area contributed by atoms with Gasteiger partial charge in [0.1, 0.15) is 0 Å². The maximum absolute atomic E-state index is 12.7. The van der Waals surface area contributed by atoms with Crippen LogP contribution in [0.25, 0.3) is 11.3 Å². The molecule has 6 nitrogen and oxygen atoms in total. The smallest absolute Gasteiger partial charge is 0.276 e. The lowest BCUT2D eigenvalue weighted by Crippen LogP contribution is -2.50. The van der Waals surface area contributed by atoms with Crippen molar-refractivity contribution in [2.75, 3.05) is 26.2 Å². The molecule has 2 aromatic carbocycles. The third-order valence-corrected chi connectivity index (χ3v) is 4.95. The van der Waals surface area contributed by atoms with Gasteiger partial charge in [-0.3, -0.25) is 9.59 Å². The molecule has 2 amide bonds. The van der Waals surface area contributed by atoms with E-state index in [1.807, 2.05) is 30.3 Å². The van der Waals surface area contributed by atoms with Gasteiger partial charge in [-0.25, -0.2) is 0 Å². The number of amides is 2. The van der Waals surface area contributed by atoms with E-state index in [1.54, 1.807) is 40.1 Å². The molecule has 1 aromatic heterocycles. The summed E-state index contributed by atoms with van der Waals surface area (Å²) in [5.41, 5.74) is 1.69. The Balaban J connectivity index is 1.39. The minimum atomic E-state index is -0.194. The van der Waals surface area contributed by atoms with E-state index in [0.29, 0.717) is 42.5 Å². The molecule has 0 saturated carbocycles. The van der Waals surface area contributed by atoms with Crippen molar-refractivity contribution in [3.63, 3.8) is 0 Å². The molecular weight excluding hydrogens is 378 g/mol. The number of hydrogen-bond donors (Lipinski definition) is 0. The molecule has 3 aromatic rings. The monoisotopic (exact) mass is 395 g/mol. The minimum absolute atomic E-state index is 0.0811. The van der Waals surface area contributed by atoms with Crippen molar-refractivity contribution in [1.29, 1.82) is 0 Å². The molecule has 28 heavy (non-hydrogen) atoms. The number of aromatic nitrogens is 1. The van der Waals surface area contributed by atoms with Crippen LogP contribution in [0.1, 0.15) is 20.8 Å². The van der Waals surface area contributed by atoms with Crippen LogP contribution in [-0.2, 0) is 0 Å².